The van der Waals surface area contributed by atoms with Crippen molar-refractivity contribution in [2.45, 2.75) is 19.9 Å². The van der Waals surface area contributed by atoms with Gasteiger partial charge in [0, 0.05) is 13.6 Å². The summed E-state index contributed by atoms with van der Waals surface area (Å²) in [4.78, 5) is 13.9. The van der Waals surface area contributed by atoms with Crippen molar-refractivity contribution < 1.29 is 4.79 Å². The molecule has 0 aromatic heterocycles. The minimum absolute atomic E-state index is 0.0273. The molecule has 0 saturated carbocycles. The molecule has 116 valence electrons. The van der Waals surface area contributed by atoms with E-state index in [9.17, 15) is 4.79 Å². The average Bonchev–Trinajstić information content (AvgIpc) is 2.54. The minimum atomic E-state index is 0.0273. The number of halogens is 1. The third-order valence-electron chi connectivity index (χ3n) is 3.58. The second kappa shape index (κ2) is 7.85. The highest BCUT2D eigenvalue weighted by Gasteiger charge is 2.09. The van der Waals surface area contributed by atoms with Crippen LogP contribution >= 0.6 is 11.6 Å². The van der Waals surface area contributed by atoms with Crippen LogP contribution < -0.4 is 5.32 Å². The number of carbonyl (C=O) groups is 1. The van der Waals surface area contributed by atoms with Gasteiger partial charge in [-0.1, -0.05) is 54.9 Å². The molecule has 0 radical (unpaired) electrons. The summed E-state index contributed by atoms with van der Waals surface area (Å²) in [5.74, 6) is 0.0273. The summed E-state index contributed by atoms with van der Waals surface area (Å²) in [6.45, 7) is 2.96. The van der Waals surface area contributed by atoms with Crippen LogP contribution in [0.15, 0.2) is 48.5 Å². The second-order valence-corrected chi connectivity index (χ2v) is 5.66. The van der Waals surface area contributed by atoms with E-state index < -0.39 is 0 Å². The number of hydrogen-bond acceptors (Lipinski definition) is 2. The first-order valence-electron chi connectivity index (χ1n) is 7.40. The van der Waals surface area contributed by atoms with Crippen LogP contribution in [0.25, 0.3) is 0 Å². The Labute approximate surface area is 136 Å². The van der Waals surface area contributed by atoms with Gasteiger partial charge in [0.1, 0.15) is 0 Å². The smallest absolute Gasteiger partial charge is 0.241 e. The van der Waals surface area contributed by atoms with Crippen molar-refractivity contribution in [3.05, 3.63) is 64.7 Å². The normalized spacial score (nSPS) is 10.3. The number of likely N-dealkylation sites (N-methyl/N-ethyl adjacent to an activating group) is 1. The van der Waals surface area contributed by atoms with Crippen LogP contribution in [0.4, 0.5) is 5.69 Å². The zero-order valence-electron chi connectivity index (χ0n) is 13.0. The van der Waals surface area contributed by atoms with Crippen molar-refractivity contribution in [3.8, 4) is 0 Å². The summed E-state index contributed by atoms with van der Waals surface area (Å²) in [5, 5.41) is 3.69. The largest absolute Gasteiger partial charge is 0.375 e. The maximum Gasteiger partial charge on any atom is 0.241 e. The summed E-state index contributed by atoms with van der Waals surface area (Å²) in [6, 6.07) is 15.8. The van der Waals surface area contributed by atoms with Crippen molar-refractivity contribution in [1.82, 2.24) is 4.90 Å². The molecule has 1 N–H and O–H groups in total. The van der Waals surface area contributed by atoms with Gasteiger partial charge in [0.15, 0.2) is 0 Å². The van der Waals surface area contributed by atoms with Gasteiger partial charge in [-0.3, -0.25) is 4.79 Å². The van der Waals surface area contributed by atoms with Gasteiger partial charge in [-0.05, 0) is 29.7 Å². The molecule has 0 saturated heterocycles. The monoisotopic (exact) mass is 316 g/mol. The average molecular weight is 317 g/mol. The molecule has 4 heteroatoms. The summed E-state index contributed by atoms with van der Waals surface area (Å²) in [7, 11) is 1.81. The molecule has 2 aromatic carbocycles. The van der Waals surface area contributed by atoms with E-state index in [2.05, 4.69) is 36.5 Å². The number of anilines is 1. The lowest BCUT2D eigenvalue weighted by Crippen LogP contribution is -2.31. The van der Waals surface area contributed by atoms with Gasteiger partial charge in [0.25, 0.3) is 0 Å². The molecule has 2 rings (SSSR count). The van der Waals surface area contributed by atoms with Crippen molar-refractivity contribution in [1.29, 1.82) is 0 Å². The number of nitrogens with zero attached hydrogens (tertiary/aromatic N) is 1. The van der Waals surface area contributed by atoms with Gasteiger partial charge in [0.2, 0.25) is 5.91 Å². The summed E-state index contributed by atoms with van der Waals surface area (Å²) >= 11 is 6.06. The molecule has 0 bridgehead atoms. The molecule has 0 aliphatic carbocycles. The molecule has 0 atom stereocenters. The van der Waals surface area contributed by atoms with Gasteiger partial charge in [-0.2, -0.15) is 0 Å². The number of aryl methyl sites for hydroxylation is 1. The van der Waals surface area contributed by atoms with Crippen LogP contribution in [0.2, 0.25) is 5.02 Å². The molecule has 0 aliphatic rings. The Morgan fingerprint density at radius 3 is 2.36 bits per heavy atom. The third kappa shape index (κ3) is 4.50. The van der Waals surface area contributed by atoms with Gasteiger partial charge >= 0.3 is 0 Å². The number of rotatable bonds is 6. The molecular weight excluding hydrogens is 296 g/mol. The van der Waals surface area contributed by atoms with Gasteiger partial charge in [-0.15, -0.1) is 0 Å². The van der Waals surface area contributed by atoms with Crippen molar-refractivity contribution in [2.75, 3.05) is 18.9 Å². The Morgan fingerprint density at radius 2 is 1.73 bits per heavy atom. The second-order valence-electron chi connectivity index (χ2n) is 5.25. The zero-order valence-corrected chi connectivity index (χ0v) is 13.7. The van der Waals surface area contributed by atoms with Crippen LogP contribution in [-0.4, -0.2) is 24.4 Å². The Bertz CT molecular complexity index is 625. The summed E-state index contributed by atoms with van der Waals surface area (Å²) in [6.07, 6.45) is 1.02. The van der Waals surface area contributed by atoms with Crippen LogP contribution in [0.1, 0.15) is 18.1 Å². The fraction of sp³-hybridized carbons (Fsp3) is 0.278. The molecule has 2 aromatic rings. The predicted octanol–water partition coefficient (Wildman–Crippen LogP) is 3.97. The van der Waals surface area contributed by atoms with Crippen molar-refractivity contribution in [3.63, 3.8) is 0 Å². The van der Waals surface area contributed by atoms with Crippen LogP contribution in [0.5, 0.6) is 0 Å². The highest BCUT2D eigenvalue weighted by atomic mass is 35.5. The highest BCUT2D eigenvalue weighted by molar-refractivity contribution is 6.33. The molecule has 22 heavy (non-hydrogen) atoms. The number of amides is 1. The maximum absolute atomic E-state index is 12.2. The molecule has 0 unspecified atom stereocenters. The van der Waals surface area contributed by atoms with E-state index in [4.69, 9.17) is 11.6 Å². The Balaban J connectivity index is 1.87. The first-order valence-corrected chi connectivity index (χ1v) is 7.78. The molecule has 1 amide bonds. The summed E-state index contributed by atoms with van der Waals surface area (Å²) in [5.41, 5.74) is 3.21. The lowest BCUT2D eigenvalue weighted by Gasteiger charge is -2.18. The zero-order chi connectivity index (χ0) is 15.9. The summed E-state index contributed by atoms with van der Waals surface area (Å²) < 4.78 is 0. The molecule has 3 nitrogen and oxygen atoms in total. The number of carbonyl (C=O) groups excluding carboxylic acids is 1. The molecule has 0 heterocycles. The number of nitrogens with one attached hydrogen (secondary N) is 1. The van der Waals surface area contributed by atoms with Crippen molar-refractivity contribution in [2.24, 2.45) is 0 Å². The predicted molar refractivity (Wildman–Crippen MR) is 92.2 cm³/mol. The molecule has 0 fully saturated rings. The molecule has 0 spiro atoms. The third-order valence-corrected chi connectivity index (χ3v) is 3.91. The van der Waals surface area contributed by atoms with Gasteiger partial charge in [0.05, 0.1) is 17.3 Å². The van der Waals surface area contributed by atoms with E-state index in [1.165, 1.54) is 5.56 Å². The standard InChI is InChI=1S/C18H21ClN2O/c1-3-14-8-10-15(11-9-14)13-21(2)18(22)12-20-17-7-5-4-6-16(17)19/h4-11,20H,3,12-13H2,1-2H3. The SMILES string of the molecule is CCc1ccc(CN(C)C(=O)CNc2ccccc2Cl)cc1. The van der Waals surface area contributed by atoms with Crippen LogP contribution in [0, 0.1) is 0 Å². The minimum Gasteiger partial charge on any atom is -0.375 e. The van der Waals surface area contributed by atoms with E-state index in [1.807, 2.05) is 25.2 Å². The lowest BCUT2D eigenvalue weighted by molar-refractivity contribution is -0.128. The lowest BCUT2D eigenvalue weighted by atomic mass is 10.1. The topological polar surface area (TPSA) is 32.3 Å². The maximum atomic E-state index is 12.2. The van der Waals surface area contributed by atoms with Crippen LogP contribution in [-0.2, 0) is 17.8 Å². The number of para-hydroxylation sites is 1. The Kier molecular flexibility index (Phi) is 5.84. The Hall–Kier alpha value is -2.00. The molecule has 0 aliphatic heterocycles. The Morgan fingerprint density at radius 1 is 1.09 bits per heavy atom. The van der Waals surface area contributed by atoms with Gasteiger partial charge < -0.3 is 10.2 Å². The van der Waals surface area contributed by atoms with E-state index in [0.717, 1.165) is 17.7 Å². The highest BCUT2D eigenvalue weighted by Crippen LogP contribution is 2.20. The van der Waals surface area contributed by atoms with Gasteiger partial charge in [-0.25, -0.2) is 0 Å². The van der Waals surface area contributed by atoms with Crippen LogP contribution in [0.3, 0.4) is 0 Å². The fourth-order valence-electron chi connectivity index (χ4n) is 2.15. The van der Waals surface area contributed by atoms with E-state index >= 15 is 0 Å². The van der Waals surface area contributed by atoms with E-state index in [-0.39, 0.29) is 12.5 Å². The first-order chi connectivity index (χ1) is 10.6. The van der Waals surface area contributed by atoms with E-state index in [1.54, 1.807) is 11.0 Å². The first kappa shape index (κ1) is 16.4. The quantitative estimate of drug-likeness (QED) is 0.874. The number of benzene rings is 2. The molecular formula is C18H21ClN2O. The number of hydrogen-bond donors (Lipinski definition) is 1. The van der Waals surface area contributed by atoms with E-state index in [0.29, 0.717) is 11.6 Å². The van der Waals surface area contributed by atoms with Crippen molar-refractivity contribution >= 4 is 23.2 Å². The fourth-order valence-corrected chi connectivity index (χ4v) is 2.36.